The smallest absolute Gasteiger partial charge is 0.314 e. The molecule has 1 aliphatic carbocycles. The molecule has 1 saturated carbocycles. The van der Waals surface area contributed by atoms with E-state index in [4.69, 9.17) is 10.00 Å². The first-order valence-corrected chi connectivity index (χ1v) is 9.68. The molecule has 0 aromatic heterocycles. The van der Waals surface area contributed by atoms with Gasteiger partial charge in [-0.3, -0.25) is 4.79 Å². The number of allylic oxidation sites excluding steroid dienone is 2. The Morgan fingerprint density at radius 3 is 2.58 bits per heavy atom. The van der Waals surface area contributed by atoms with Crippen LogP contribution in [0.5, 0.6) is 5.75 Å². The van der Waals surface area contributed by atoms with Crippen LogP contribution in [0.2, 0.25) is 0 Å². The highest BCUT2D eigenvalue weighted by Gasteiger charge is 2.27. The van der Waals surface area contributed by atoms with Gasteiger partial charge in [0.15, 0.2) is 5.83 Å². The Kier molecular flexibility index (Phi) is 8.34. The minimum atomic E-state index is -0.706. The lowest BCUT2D eigenvalue weighted by molar-refractivity contribution is -0.140. The van der Waals surface area contributed by atoms with Gasteiger partial charge in [-0.1, -0.05) is 25.5 Å². The van der Waals surface area contributed by atoms with E-state index in [1.165, 1.54) is 30.6 Å². The SMILES string of the molecule is CCCCc1ccc(OC(=O)[C@H]2CC[C@H](CCC=C(F)C#N)CC2)cc1. The molecular formula is C22H28FNO2. The Balaban J connectivity index is 1.73. The summed E-state index contributed by atoms with van der Waals surface area (Å²) in [5, 5.41) is 8.40. The largest absolute Gasteiger partial charge is 0.426 e. The lowest BCUT2D eigenvalue weighted by Gasteiger charge is -2.26. The summed E-state index contributed by atoms with van der Waals surface area (Å²) in [4.78, 5) is 12.4. The van der Waals surface area contributed by atoms with E-state index >= 15 is 0 Å². The summed E-state index contributed by atoms with van der Waals surface area (Å²) in [6.45, 7) is 2.17. The van der Waals surface area contributed by atoms with Gasteiger partial charge < -0.3 is 4.74 Å². The van der Waals surface area contributed by atoms with Crippen LogP contribution in [0.25, 0.3) is 0 Å². The minimum Gasteiger partial charge on any atom is -0.426 e. The number of carbonyl (C=O) groups is 1. The predicted molar refractivity (Wildman–Crippen MR) is 100 cm³/mol. The van der Waals surface area contributed by atoms with Gasteiger partial charge in [-0.05, 0) is 81.1 Å². The van der Waals surface area contributed by atoms with Crippen LogP contribution in [0.15, 0.2) is 36.2 Å². The van der Waals surface area contributed by atoms with Gasteiger partial charge in [-0.2, -0.15) is 9.65 Å². The summed E-state index contributed by atoms with van der Waals surface area (Å²) < 4.78 is 18.3. The molecule has 0 N–H and O–H groups in total. The van der Waals surface area contributed by atoms with E-state index in [0.29, 0.717) is 18.1 Å². The number of hydrogen-bond donors (Lipinski definition) is 0. The zero-order valence-corrected chi connectivity index (χ0v) is 15.5. The number of hydrogen-bond acceptors (Lipinski definition) is 3. The lowest BCUT2D eigenvalue weighted by atomic mass is 9.80. The van der Waals surface area contributed by atoms with Crippen molar-refractivity contribution in [3.63, 3.8) is 0 Å². The van der Waals surface area contributed by atoms with E-state index in [1.807, 2.05) is 24.3 Å². The van der Waals surface area contributed by atoms with Gasteiger partial charge >= 0.3 is 5.97 Å². The van der Waals surface area contributed by atoms with Crippen LogP contribution < -0.4 is 4.74 Å². The molecule has 1 aliphatic rings. The molecule has 3 nitrogen and oxygen atoms in total. The zero-order chi connectivity index (χ0) is 18.8. The molecule has 1 aromatic carbocycles. The Morgan fingerprint density at radius 2 is 1.96 bits per heavy atom. The highest BCUT2D eigenvalue weighted by molar-refractivity contribution is 5.75. The van der Waals surface area contributed by atoms with Crippen molar-refractivity contribution in [2.75, 3.05) is 0 Å². The van der Waals surface area contributed by atoms with Crippen molar-refractivity contribution in [3.05, 3.63) is 41.7 Å². The fourth-order valence-electron chi connectivity index (χ4n) is 3.48. The van der Waals surface area contributed by atoms with E-state index < -0.39 is 5.83 Å². The van der Waals surface area contributed by atoms with Gasteiger partial charge in [0.05, 0.1) is 5.92 Å². The molecule has 0 saturated heterocycles. The molecule has 26 heavy (non-hydrogen) atoms. The highest BCUT2D eigenvalue weighted by Crippen LogP contribution is 2.32. The maximum atomic E-state index is 12.8. The van der Waals surface area contributed by atoms with E-state index in [9.17, 15) is 9.18 Å². The fraction of sp³-hybridized carbons (Fsp3) is 0.545. The summed E-state index contributed by atoms with van der Waals surface area (Å²) >= 11 is 0. The number of rotatable bonds is 8. The molecule has 2 rings (SSSR count). The fourth-order valence-corrected chi connectivity index (χ4v) is 3.48. The van der Waals surface area contributed by atoms with Crippen LogP contribution in [0.4, 0.5) is 4.39 Å². The number of unbranched alkanes of at least 4 members (excludes halogenated alkanes) is 1. The predicted octanol–water partition coefficient (Wildman–Crippen LogP) is 5.90. The number of halogens is 1. The normalized spacial score (nSPS) is 20.4. The van der Waals surface area contributed by atoms with Crippen LogP contribution in [-0.4, -0.2) is 5.97 Å². The van der Waals surface area contributed by atoms with Crippen LogP contribution in [0, 0.1) is 23.2 Å². The van der Waals surface area contributed by atoms with Gasteiger partial charge in [-0.15, -0.1) is 0 Å². The van der Waals surface area contributed by atoms with Crippen molar-refractivity contribution in [3.8, 4) is 11.8 Å². The highest BCUT2D eigenvalue weighted by atomic mass is 19.1. The van der Waals surface area contributed by atoms with Gasteiger partial charge in [0, 0.05) is 0 Å². The average Bonchev–Trinajstić information content (AvgIpc) is 2.67. The standard InChI is InChI=1S/C22H28FNO2/c1-2-3-5-17-10-14-21(15-11-17)26-22(25)19-12-8-18(9-13-19)6-4-7-20(23)16-24/h7,10-11,14-15,18-19H,2-6,8-9,12-13H2,1H3/t18-,19-. The van der Waals surface area contributed by atoms with Crippen LogP contribution >= 0.6 is 0 Å². The summed E-state index contributed by atoms with van der Waals surface area (Å²) in [7, 11) is 0. The van der Waals surface area contributed by atoms with Gasteiger partial charge in [0.1, 0.15) is 11.8 Å². The summed E-state index contributed by atoms with van der Waals surface area (Å²) in [5.74, 6) is 0.231. The number of carbonyl (C=O) groups excluding carboxylic acids is 1. The number of benzene rings is 1. The maximum absolute atomic E-state index is 12.8. The Labute approximate surface area is 155 Å². The first kappa shape index (κ1) is 20.2. The first-order valence-electron chi connectivity index (χ1n) is 9.68. The van der Waals surface area contributed by atoms with Crippen molar-refractivity contribution < 1.29 is 13.9 Å². The molecule has 0 heterocycles. The molecule has 0 unspecified atom stereocenters. The third-order valence-electron chi connectivity index (χ3n) is 5.15. The number of aryl methyl sites for hydroxylation is 1. The van der Waals surface area contributed by atoms with Crippen LogP contribution in [-0.2, 0) is 11.2 Å². The third kappa shape index (κ3) is 6.63. The molecule has 0 bridgehead atoms. The van der Waals surface area contributed by atoms with Crippen molar-refractivity contribution in [1.29, 1.82) is 5.26 Å². The second kappa shape index (κ2) is 10.8. The first-order chi connectivity index (χ1) is 12.6. The van der Waals surface area contributed by atoms with Crippen molar-refractivity contribution in [2.24, 2.45) is 11.8 Å². The van der Waals surface area contributed by atoms with Gasteiger partial charge in [0.2, 0.25) is 0 Å². The molecular weight excluding hydrogens is 329 g/mol. The van der Waals surface area contributed by atoms with Crippen LogP contribution in [0.1, 0.15) is 63.9 Å². The molecule has 0 radical (unpaired) electrons. The zero-order valence-electron chi connectivity index (χ0n) is 15.5. The number of esters is 1. The van der Waals surface area contributed by atoms with Gasteiger partial charge in [0.25, 0.3) is 0 Å². The lowest BCUT2D eigenvalue weighted by Crippen LogP contribution is -2.25. The molecule has 1 fully saturated rings. The monoisotopic (exact) mass is 357 g/mol. The Morgan fingerprint density at radius 1 is 1.27 bits per heavy atom. The van der Waals surface area contributed by atoms with E-state index in [-0.39, 0.29) is 11.9 Å². The molecule has 0 aliphatic heterocycles. The second-order valence-corrected chi connectivity index (χ2v) is 7.13. The third-order valence-corrected chi connectivity index (χ3v) is 5.15. The summed E-state index contributed by atoms with van der Waals surface area (Å²) in [6.07, 6.45) is 9.76. The minimum absolute atomic E-state index is 0.0441. The summed E-state index contributed by atoms with van der Waals surface area (Å²) in [5.41, 5.74) is 1.27. The summed E-state index contributed by atoms with van der Waals surface area (Å²) in [6, 6.07) is 9.32. The van der Waals surface area contributed by atoms with Crippen molar-refractivity contribution in [1.82, 2.24) is 0 Å². The molecule has 140 valence electrons. The van der Waals surface area contributed by atoms with Crippen LogP contribution in [0.3, 0.4) is 0 Å². The molecule has 0 spiro atoms. The number of ether oxygens (including phenoxy) is 1. The molecule has 0 atom stereocenters. The number of nitriles is 1. The average molecular weight is 357 g/mol. The van der Waals surface area contributed by atoms with E-state index in [0.717, 1.165) is 38.5 Å². The Bertz CT molecular complexity index is 637. The Hall–Kier alpha value is -2.15. The quantitative estimate of drug-likeness (QED) is 0.331. The van der Waals surface area contributed by atoms with E-state index in [1.54, 1.807) is 0 Å². The molecule has 4 heteroatoms. The maximum Gasteiger partial charge on any atom is 0.314 e. The van der Waals surface area contributed by atoms with Crippen molar-refractivity contribution in [2.45, 2.75) is 64.7 Å². The molecule has 0 amide bonds. The van der Waals surface area contributed by atoms with E-state index in [2.05, 4.69) is 6.92 Å². The molecule has 1 aromatic rings. The second-order valence-electron chi connectivity index (χ2n) is 7.13. The van der Waals surface area contributed by atoms with Gasteiger partial charge in [-0.25, -0.2) is 0 Å². The number of nitrogens with zero attached hydrogens (tertiary/aromatic N) is 1. The topological polar surface area (TPSA) is 50.1 Å². The van der Waals surface area contributed by atoms with Crippen molar-refractivity contribution >= 4 is 5.97 Å².